The Balaban J connectivity index is 1.47. The molecule has 0 bridgehead atoms. The molecule has 0 aromatic heterocycles. The minimum atomic E-state index is -0.486. The summed E-state index contributed by atoms with van der Waals surface area (Å²) in [6, 6.07) is 8.00. The molecule has 3 amide bonds. The van der Waals surface area contributed by atoms with Crippen molar-refractivity contribution in [3.05, 3.63) is 29.8 Å². The van der Waals surface area contributed by atoms with E-state index >= 15 is 0 Å². The Kier molecular flexibility index (Phi) is 4.44. The number of carbonyl (C=O) groups is 3. The van der Waals surface area contributed by atoms with Crippen molar-refractivity contribution >= 4 is 23.4 Å². The van der Waals surface area contributed by atoms with E-state index in [1.807, 2.05) is 30.1 Å². The molecule has 1 aromatic carbocycles. The fraction of sp³-hybridized carbons (Fsp3) is 0.571. The van der Waals surface area contributed by atoms with Crippen molar-refractivity contribution in [3.63, 3.8) is 0 Å². The zero-order valence-electron chi connectivity index (χ0n) is 16.1. The number of nitrogens with zero attached hydrogens (tertiary/aromatic N) is 3. The van der Waals surface area contributed by atoms with Gasteiger partial charge in [0.25, 0.3) is 0 Å². The molecule has 1 spiro atoms. The molecule has 2 fully saturated rings. The van der Waals surface area contributed by atoms with Gasteiger partial charge in [0.05, 0.1) is 11.3 Å². The molecule has 0 radical (unpaired) electrons. The van der Waals surface area contributed by atoms with E-state index in [1.54, 1.807) is 16.7 Å². The van der Waals surface area contributed by atoms with Gasteiger partial charge in [0.1, 0.15) is 0 Å². The van der Waals surface area contributed by atoms with Gasteiger partial charge in [0.2, 0.25) is 17.7 Å². The predicted octanol–water partition coefficient (Wildman–Crippen LogP) is 1.78. The highest BCUT2D eigenvalue weighted by atomic mass is 16.2. The minimum absolute atomic E-state index is 0.0429. The normalized spacial score (nSPS) is 24.3. The second kappa shape index (κ2) is 6.66. The lowest BCUT2D eigenvalue weighted by Gasteiger charge is -2.41. The first-order chi connectivity index (χ1) is 12.9. The van der Waals surface area contributed by atoms with Gasteiger partial charge in [0.15, 0.2) is 0 Å². The van der Waals surface area contributed by atoms with E-state index in [-0.39, 0.29) is 23.6 Å². The Morgan fingerprint density at radius 2 is 1.78 bits per heavy atom. The van der Waals surface area contributed by atoms with Crippen LogP contribution in [0.3, 0.4) is 0 Å². The molecule has 0 saturated carbocycles. The number of fused-ring (bicyclic) bond motifs is 2. The summed E-state index contributed by atoms with van der Waals surface area (Å²) in [6.45, 7) is 4.05. The Morgan fingerprint density at radius 3 is 2.48 bits per heavy atom. The molecule has 4 rings (SSSR count). The van der Waals surface area contributed by atoms with E-state index in [0.717, 1.165) is 30.6 Å². The van der Waals surface area contributed by atoms with Crippen molar-refractivity contribution in [1.29, 1.82) is 0 Å². The van der Waals surface area contributed by atoms with Crippen LogP contribution in [0.5, 0.6) is 0 Å². The highest BCUT2D eigenvalue weighted by Crippen LogP contribution is 2.47. The highest BCUT2D eigenvalue weighted by Gasteiger charge is 2.51. The van der Waals surface area contributed by atoms with Gasteiger partial charge in [0, 0.05) is 45.8 Å². The summed E-state index contributed by atoms with van der Waals surface area (Å²) in [5.74, 6) is 0.228. The first-order valence-electron chi connectivity index (χ1n) is 9.86. The van der Waals surface area contributed by atoms with Crippen LogP contribution in [0, 0.1) is 5.92 Å². The van der Waals surface area contributed by atoms with Gasteiger partial charge in [-0.05, 0) is 37.3 Å². The molecule has 6 nitrogen and oxygen atoms in total. The van der Waals surface area contributed by atoms with Crippen LogP contribution in [0.4, 0.5) is 5.69 Å². The fourth-order valence-corrected chi connectivity index (χ4v) is 5.03. The van der Waals surface area contributed by atoms with Gasteiger partial charge in [-0.1, -0.05) is 18.2 Å². The zero-order valence-corrected chi connectivity index (χ0v) is 16.1. The highest BCUT2D eigenvalue weighted by molar-refractivity contribution is 6.08. The summed E-state index contributed by atoms with van der Waals surface area (Å²) in [5, 5.41) is 0. The first-order valence-corrected chi connectivity index (χ1v) is 9.86. The van der Waals surface area contributed by atoms with E-state index in [4.69, 9.17) is 0 Å². The summed E-state index contributed by atoms with van der Waals surface area (Å²) < 4.78 is 0. The van der Waals surface area contributed by atoms with Crippen LogP contribution >= 0.6 is 0 Å². The van der Waals surface area contributed by atoms with Crippen molar-refractivity contribution in [2.75, 3.05) is 38.1 Å². The van der Waals surface area contributed by atoms with Crippen LogP contribution in [-0.4, -0.2) is 60.7 Å². The topological polar surface area (TPSA) is 60.9 Å². The number of piperidine rings is 2. The largest absolute Gasteiger partial charge is 0.342 e. The maximum atomic E-state index is 13.0. The molecule has 0 aliphatic carbocycles. The number of anilines is 1. The van der Waals surface area contributed by atoms with E-state index in [9.17, 15) is 14.4 Å². The molecule has 0 unspecified atom stereocenters. The smallest absolute Gasteiger partial charge is 0.237 e. The Morgan fingerprint density at radius 1 is 1.07 bits per heavy atom. The van der Waals surface area contributed by atoms with Crippen molar-refractivity contribution in [1.82, 2.24) is 9.80 Å². The average molecular weight is 369 g/mol. The van der Waals surface area contributed by atoms with Crippen LogP contribution < -0.4 is 4.90 Å². The van der Waals surface area contributed by atoms with Crippen molar-refractivity contribution in [3.8, 4) is 0 Å². The van der Waals surface area contributed by atoms with Crippen molar-refractivity contribution in [2.24, 2.45) is 5.92 Å². The SMILES string of the molecule is CC(=O)N1CCC[C@@H](C(=O)N2CCC3(CC2)C(=O)N(C)c2ccccc23)C1. The van der Waals surface area contributed by atoms with Crippen LogP contribution in [0.25, 0.3) is 0 Å². The number of carbonyl (C=O) groups excluding carboxylic acids is 3. The molecule has 6 heteroatoms. The van der Waals surface area contributed by atoms with Gasteiger partial charge in [-0.15, -0.1) is 0 Å². The Hall–Kier alpha value is -2.37. The molecule has 3 heterocycles. The quantitative estimate of drug-likeness (QED) is 0.758. The monoisotopic (exact) mass is 369 g/mol. The third kappa shape index (κ3) is 2.82. The lowest BCUT2D eigenvalue weighted by Crippen LogP contribution is -2.52. The van der Waals surface area contributed by atoms with Crippen LogP contribution in [0.2, 0.25) is 0 Å². The fourth-order valence-electron chi connectivity index (χ4n) is 5.03. The molecule has 27 heavy (non-hydrogen) atoms. The predicted molar refractivity (Wildman–Crippen MR) is 102 cm³/mol. The number of para-hydroxylation sites is 1. The Labute approximate surface area is 160 Å². The number of rotatable bonds is 1. The van der Waals surface area contributed by atoms with Crippen LogP contribution in [0.15, 0.2) is 24.3 Å². The molecule has 144 valence electrons. The van der Waals surface area contributed by atoms with Gasteiger partial charge in [-0.2, -0.15) is 0 Å². The zero-order chi connectivity index (χ0) is 19.2. The standard InChI is InChI=1S/C21H27N3O3/c1-15(25)24-11-5-6-16(14-24)19(26)23-12-9-21(10-13-23)17-7-3-4-8-18(17)22(2)20(21)27/h3-4,7-8,16H,5-6,9-14H2,1-2H3/t16-/m1/s1. The maximum Gasteiger partial charge on any atom is 0.237 e. The number of hydrogen-bond acceptors (Lipinski definition) is 3. The summed E-state index contributed by atoms with van der Waals surface area (Å²) in [6.07, 6.45) is 3.06. The van der Waals surface area contributed by atoms with Gasteiger partial charge in [-0.25, -0.2) is 0 Å². The third-order valence-corrected chi connectivity index (χ3v) is 6.64. The number of likely N-dealkylation sites (N-methyl/N-ethyl adjacent to an activating group) is 1. The van der Waals surface area contributed by atoms with E-state index in [0.29, 0.717) is 32.5 Å². The van der Waals surface area contributed by atoms with E-state index < -0.39 is 5.41 Å². The van der Waals surface area contributed by atoms with Crippen molar-refractivity contribution < 1.29 is 14.4 Å². The minimum Gasteiger partial charge on any atom is -0.342 e. The second-order valence-electron chi connectivity index (χ2n) is 8.09. The summed E-state index contributed by atoms with van der Waals surface area (Å²) in [7, 11) is 1.84. The summed E-state index contributed by atoms with van der Waals surface area (Å²) in [4.78, 5) is 43.1. The maximum absolute atomic E-state index is 13.0. The molecule has 1 atom stereocenters. The number of benzene rings is 1. The summed E-state index contributed by atoms with van der Waals surface area (Å²) in [5.41, 5.74) is 1.61. The van der Waals surface area contributed by atoms with Gasteiger partial charge >= 0.3 is 0 Å². The molecular formula is C21H27N3O3. The molecular weight excluding hydrogens is 342 g/mol. The van der Waals surface area contributed by atoms with Crippen LogP contribution in [-0.2, 0) is 19.8 Å². The summed E-state index contributed by atoms with van der Waals surface area (Å²) >= 11 is 0. The molecule has 3 aliphatic rings. The number of hydrogen-bond donors (Lipinski definition) is 0. The van der Waals surface area contributed by atoms with Crippen molar-refractivity contribution in [2.45, 2.75) is 38.0 Å². The van der Waals surface area contributed by atoms with Gasteiger partial charge < -0.3 is 14.7 Å². The molecule has 1 aromatic rings. The van der Waals surface area contributed by atoms with Gasteiger partial charge in [-0.3, -0.25) is 14.4 Å². The third-order valence-electron chi connectivity index (χ3n) is 6.64. The lowest BCUT2D eigenvalue weighted by molar-refractivity contribution is -0.142. The van der Waals surface area contributed by atoms with Crippen LogP contribution in [0.1, 0.15) is 38.2 Å². The second-order valence-corrected chi connectivity index (χ2v) is 8.09. The number of likely N-dealkylation sites (tertiary alicyclic amines) is 2. The molecule has 3 aliphatic heterocycles. The molecule has 0 N–H and O–H groups in total. The van der Waals surface area contributed by atoms with E-state index in [2.05, 4.69) is 6.07 Å². The van der Waals surface area contributed by atoms with E-state index in [1.165, 1.54) is 0 Å². The Bertz CT molecular complexity index is 783. The average Bonchev–Trinajstić information content (AvgIpc) is 2.91. The first kappa shape index (κ1) is 18.0. The number of amides is 3. The molecule has 2 saturated heterocycles. The lowest BCUT2D eigenvalue weighted by atomic mass is 9.73.